The molecule has 24 heavy (non-hydrogen) atoms. The SMILES string of the molecule is O=C(O)OC1Nc2cc(Cl)cc(Cl)c2C2c3ccccc3CCC12. The number of fused-ring (bicyclic) bond motifs is 5. The van der Waals surface area contributed by atoms with Crippen molar-refractivity contribution >= 4 is 35.0 Å². The van der Waals surface area contributed by atoms with Gasteiger partial charge in [0.05, 0.1) is 0 Å². The molecule has 0 amide bonds. The molecule has 3 atom stereocenters. The van der Waals surface area contributed by atoms with E-state index in [-0.39, 0.29) is 11.8 Å². The van der Waals surface area contributed by atoms with Crippen molar-refractivity contribution in [2.24, 2.45) is 5.92 Å². The summed E-state index contributed by atoms with van der Waals surface area (Å²) in [6.07, 6.45) is -0.200. The summed E-state index contributed by atoms with van der Waals surface area (Å²) >= 11 is 12.6. The molecule has 0 aromatic heterocycles. The van der Waals surface area contributed by atoms with Gasteiger partial charge in [0.1, 0.15) is 0 Å². The van der Waals surface area contributed by atoms with E-state index in [2.05, 4.69) is 17.4 Å². The second-order valence-corrected chi connectivity index (χ2v) is 7.02. The average Bonchev–Trinajstić information content (AvgIpc) is 2.53. The fourth-order valence-electron chi connectivity index (χ4n) is 3.99. The van der Waals surface area contributed by atoms with Gasteiger partial charge in [0.15, 0.2) is 6.23 Å². The molecule has 0 spiro atoms. The van der Waals surface area contributed by atoms with Crippen LogP contribution in [0.3, 0.4) is 0 Å². The molecule has 1 heterocycles. The average molecular weight is 364 g/mol. The van der Waals surface area contributed by atoms with E-state index in [1.165, 1.54) is 11.1 Å². The highest BCUT2D eigenvalue weighted by Crippen LogP contribution is 2.51. The number of hydrogen-bond donors (Lipinski definition) is 2. The maximum Gasteiger partial charge on any atom is 0.507 e. The zero-order chi connectivity index (χ0) is 16.8. The van der Waals surface area contributed by atoms with Gasteiger partial charge in [-0.05, 0) is 36.1 Å². The van der Waals surface area contributed by atoms with Gasteiger partial charge in [-0.3, -0.25) is 0 Å². The van der Waals surface area contributed by atoms with Crippen molar-refractivity contribution in [3.05, 3.63) is 63.1 Å². The van der Waals surface area contributed by atoms with Crippen molar-refractivity contribution in [3.63, 3.8) is 0 Å². The first-order chi connectivity index (χ1) is 11.5. The molecule has 3 unspecified atom stereocenters. The first-order valence-corrected chi connectivity index (χ1v) is 8.53. The molecule has 0 radical (unpaired) electrons. The summed E-state index contributed by atoms with van der Waals surface area (Å²) in [6, 6.07) is 11.7. The second-order valence-electron chi connectivity index (χ2n) is 6.18. The van der Waals surface area contributed by atoms with Crippen molar-refractivity contribution < 1.29 is 14.6 Å². The predicted octanol–water partition coefficient (Wildman–Crippen LogP) is 5.13. The van der Waals surface area contributed by atoms with Crippen LogP contribution in [0.4, 0.5) is 10.5 Å². The lowest BCUT2D eigenvalue weighted by Gasteiger charge is -2.43. The molecule has 0 saturated carbocycles. The zero-order valence-corrected chi connectivity index (χ0v) is 14.1. The van der Waals surface area contributed by atoms with Crippen LogP contribution in [-0.2, 0) is 11.2 Å². The third kappa shape index (κ3) is 2.50. The molecule has 2 aromatic rings. The van der Waals surface area contributed by atoms with Gasteiger partial charge in [0.2, 0.25) is 0 Å². The van der Waals surface area contributed by atoms with E-state index in [0.717, 1.165) is 24.1 Å². The Balaban J connectivity index is 1.90. The minimum atomic E-state index is -1.29. The van der Waals surface area contributed by atoms with Crippen LogP contribution in [0.1, 0.15) is 29.0 Å². The zero-order valence-electron chi connectivity index (χ0n) is 12.6. The third-order valence-electron chi connectivity index (χ3n) is 4.89. The summed E-state index contributed by atoms with van der Waals surface area (Å²) in [5, 5.41) is 13.4. The number of halogens is 2. The maximum atomic E-state index is 11.1. The molecule has 0 bridgehead atoms. The van der Waals surface area contributed by atoms with E-state index in [9.17, 15) is 4.79 Å². The van der Waals surface area contributed by atoms with E-state index < -0.39 is 12.4 Å². The fourth-order valence-corrected chi connectivity index (χ4v) is 4.60. The number of carboxylic acid groups (broad SMARTS) is 1. The number of nitrogens with one attached hydrogen (secondary N) is 1. The summed E-state index contributed by atoms with van der Waals surface area (Å²) < 4.78 is 5.13. The lowest BCUT2D eigenvalue weighted by atomic mass is 9.69. The summed E-state index contributed by atoms with van der Waals surface area (Å²) in [5.74, 6) is -0.0255. The highest BCUT2D eigenvalue weighted by molar-refractivity contribution is 6.35. The molecule has 4 nitrogen and oxygen atoms in total. The van der Waals surface area contributed by atoms with Crippen LogP contribution in [0.5, 0.6) is 0 Å². The number of benzene rings is 2. The largest absolute Gasteiger partial charge is 0.507 e. The van der Waals surface area contributed by atoms with Crippen LogP contribution in [0.2, 0.25) is 10.0 Å². The Morgan fingerprint density at radius 3 is 2.83 bits per heavy atom. The molecule has 1 aliphatic carbocycles. The summed E-state index contributed by atoms with van der Waals surface area (Å²) in [4.78, 5) is 11.1. The van der Waals surface area contributed by atoms with Gasteiger partial charge < -0.3 is 15.2 Å². The number of anilines is 1. The minimum Gasteiger partial charge on any atom is -0.450 e. The molecule has 0 fully saturated rings. The fraction of sp³-hybridized carbons (Fsp3) is 0.278. The lowest BCUT2D eigenvalue weighted by molar-refractivity contribution is 0.0278. The standard InChI is InChI=1S/C18H15Cl2NO3/c19-10-7-13(20)16-14(8-10)21-17(24-18(22)23)12-6-5-9-3-1-2-4-11(9)15(12)16/h1-4,7-8,12,15,17,21H,5-6H2,(H,22,23). The Morgan fingerprint density at radius 2 is 2.04 bits per heavy atom. The van der Waals surface area contributed by atoms with Gasteiger partial charge in [-0.1, -0.05) is 47.5 Å². The summed E-state index contributed by atoms with van der Waals surface area (Å²) in [5.41, 5.74) is 4.14. The molecule has 6 heteroatoms. The molecule has 2 aliphatic rings. The summed E-state index contributed by atoms with van der Waals surface area (Å²) in [7, 11) is 0. The van der Waals surface area contributed by atoms with Crippen LogP contribution in [0.15, 0.2) is 36.4 Å². The molecule has 2 aromatic carbocycles. The molecule has 1 aliphatic heterocycles. The first-order valence-electron chi connectivity index (χ1n) is 7.77. The Bertz CT molecular complexity index is 824. The van der Waals surface area contributed by atoms with Crippen LogP contribution in [-0.4, -0.2) is 17.5 Å². The van der Waals surface area contributed by atoms with Gasteiger partial charge in [0, 0.05) is 33.1 Å². The Morgan fingerprint density at radius 1 is 1.25 bits per heavy atom. The lowest BCUT2D eigenvalue weighted by Crippen LogP contribution is -2.43. The van der Waals surface area contributed by atoms with Gasteiger partial charge in [-0.2, -0.15) is 0 Å². The van der Waals surface area contributed by atoms with Crippen molar-refractivity contribution in [3.8, 4) is 0 Å². The van der Waals surface area contributed by atoms with Crippen molar-refractivity contribution in [2.75, 3.05) is 5.32 Å². The van der Waals surface area contributed by atoms with Crippen LogP contribution in [0, 0.1) is 5.92 Å². The monoisotopic (exact) mass is 363 g/mol. The van der Waals surface area contributed by atoms with Gasteiger partial charge in [-0.15, -0.1) is 0 Å². The summed E-state index contributed by atoms with van der Waals surface area (Å²) in [6.45, 7) is 0. The molecule has 124 valence electrons. The molecule has 0 saturated heterocycles. The Kier molecular flexibility index (Phi) is 3.82. The quantitative estimate of drug-likeness (QED) is 0.689. The third-order valence-corrected chi connectivity index (χ3v) is 5.42. The van der Waals surface area contributed by atoms with Gasteiger partial charge >= 0.3 is 6.16 Å². The maximum absolute atomic E-state index is 11.1. The molecular weight excluding hydrogens is 349 g/mol. The number of aryl methyl sites for hydroxylation is 1. The van der Waals surface area contributed by atoms with Crippen LogP contribution < -0.4 is 5.32 Å². The molecular formula is C18H15Cl2NO3. The van der Waals surface area contributed by atoms with Crippen LogP contribution >= 0.6 is 23.2 Å². The number of ether oxygens (including phenoxy) is 1. The highest BCUT2D eigenvalue weighted by atomic mass is 35.5. The number of hydrogen-bond acceptors (Lipinski definition) is 3. The molecule has 2 N–H and O–H groups in total. The van der Waals surface area contributed by atoms with Crippen molar-refractivity contribution in [2.45, 2.75) is 25.0 Å². The van der Waals surface area contributed by atoms with Crippen molar-refractivity contribution in [1.29, 1.82) is 0 Å². The van der Waals surface area contributed by atoms with E-state index in [1.807, 2.05) is 12.1 Å². The normalized spacial score (nSPS) is 24.2. The van der Waals surface area contributed by atoms with E-state index in [4.69, 9.17) is 33.0 Å². The number of rotatable bonds is 1. The predicted molar refractivity (Wildman–Crippen MR) is 93.1 cm³/mol. The van der Waals surface area contributed by atoms with E-state index in [0.29, 0.717) is 10.0 Å². The second kappa shape index (κ2) is 5.87. The van der Waals surface area contributed by atoms with E-state index >= 15 is 0 Å². The Hall–Kier alpha value is -1.91. The Labute approximate surface area is 149 Å². The van der Waals surface area contributed by atoms with Gasteiger partial charge in [0.25, 0.3) is 0 Å². The minimum absolute atomic E-state index is 0.0119. The smallest absolute Gasteiger partial charge is 0.450 e. The van der Waals surface area contributed by atoms with Gasteiger partial charge in [-0.25, -0.2) is 4.79 Å². The topological polar surface area (TPSA) is 58.6 Å². The van der Waals surface area contributed by atoms with Crippen LogP contribution in [0.25, 0.3) is 0 Å². The molecule has 4 rings (SSSR count). The van der Waals surface area contributed by atoms with Crippen molar-refractivity contribution in [1.82, 2.24) is 0 Å². The van der Waals surface area contributed by atoms with E-state index in [1.54, 1.807) is 12.1 Å². The highest BCUT2D eigenvalue weighted by Gasteiger charge is 2.43. The first kappa shape index (κ1) is 15.6. The number of carbonyl (C=O) groups is 1.